The molecule has 2 aliphatic carbocycles. The Labute approximate surface area is 101 Å². The topological polar surface area (TPSA) is 12.0 Å². The largest absolute Gasteiger partial charge is 0.314 e. The number of hydrogen-bond donors (Lipinski definition) is 1. The molecule has 2 rings (SSSR count). The van der Waals surface area contributed by atoms with Gasteiger partial charge in [-0.05, 0) is 56.4 Å². The Morgan fingerprint density at radius 3 is 2.38 bits per heavy atom. The second-order valence-corrected chi connectivity index (χ2v) is 6.21. The van der Waals surface area contributed by atoms with Crippen molar-refractivity contribution in [1.82, 2.24) is 5.32 Å². The van der Waals surface area contributed by atoms with Crippen molar-refractivity contribution in [3.05, 3.63) is 0 Å². The Morgan fingerprint density at radius 1 is 1.12 bits per heavy atom. The lowest BCUT2D eigenvalue weighted by Crippen LogP contribution is -2.37. The third-order valence-electron chi connectivity index (χ3n) is 5.34. The molecule has 2 aliphatic rings. The summed E-state index contributed by atoms with van der Waals surface area (Å²) in [6.45, 7) is 8.32. The number of nitrogens with one attached hydrogen (secondary N) is 1. The molecular formula is C15H29N. The zero-order valence-electron chi connectivity index (χ0n) is 11.3. The van der Waals surface area contributed by atoms with Crippen LogP contribution in [0, 0.1) is 23.7 Å². The summed E-state index contributed by atoms with van der Waals surface area (Å²) < 4.78 is 0. The maximum Gasteiger partial charge on any atom is 0.00669 e. The lowest BCUT2D eigenvalue weighted by atomic mass is 9.88. The van der Waals surface area contributed by atoms with Gasteiger partial charge in [-0.15, -0.1) is 0 Å². The van der Waals surface area contributed by atoms with Crippen LogP contribution < -0.4 is 5.32 Å². The summed E-state index contributed by atoms with van der Waals surface area (Å²) in [5, 5.41) is 3.81. The van der Waals surface area contributed by atoms with Gasteiger partial charge in [0.25, 0.3) is 0 Å². The highest BCUT2D eigenvalue weighted by molar-refractivity contribution is 4.91. The van der Waals surface area contributed by atoms with E-state index in [0.717, 1.165) is 23.7 Å². The number of fused-ring (bicyclic) bond motifs is 2. The summed E-state index contributed by atoms with van der Waals surface area (Å²) in [6.07, 6.45) is 8.77. The highest BCUT2D eigenvalue weighted by Gasteiger charge is 2.39. The van der Waals surface area contributed by atoms with Crippen molar-refractivity contribution in [2.75, 3.05) is 6.54 Å². The maximum atomic E-state index is 3.81. The van der Waals surface area contributed by atoms with Crippen molar-refractivity contribution in [2.24, 2.45) is 23.7 Å². The molecule has 1 nitrogen and oxygen atoms in total. The maximum absolute atomic E-state index is 3.81. The molecule has 0 amide bonds. The summed E-state index contributed by atoms with van der Waals surface area (Å²) in [5.41, 5.74) is 0. The zero-order chi connectivity index (χ0) is 11.5. The zero-order valence-corrected chi connectivity index (χ0v) is 11.3. The van der Waals surface area contributed by atoms with Crippen LogP contribution in [0.1, 0.15) is 59.3 Å². The van der Waals surface area contributed by atoms with Crippen LogP contribution in [0.15, 0.2) is 0 Å². The van der Waals surface area contributed by atoms with Crippen molar-refractivity contribution < 1.29 is 0 Å². The fraction of sp³-hybridized carbons (Fsp3) is 1.00. The standard InChI is InChI=1S/C15H29N/c1-4-13(5-2)11(3)16-10-15-9-12-6-7-14(15)8-12/h11-16H,4-10H2,1-3H3. The first-order chi connectivity index (χ1) is 7.74. The summed E-state index contributed by atoms with van der Waals surface area (Å²) >= 11 is 0. The van der Waals surface area contributed by atoms with Gasteiger partial charge in [0, 0.05) is 6.04 Å². The van der Waals surface area contributed by atoms with E-state index in [1.165, 1.54) is 38.6 Å². The van der Waals surface area contributed by atoms with Crippen LogP contribution in [0.25, 0.3) is 0 Å². The first kappa shape index (κ1) is 12.4. The lowest BCUT2D eigenvalue weighted by molar-refractivity contribution is 0.279. The quantitative estimate of drug-likeness (QED) is 0.721. The molecule has 1 N–H and O–H groups in total. The van der Waals surface area contributed by atoms with Crippen LogP contribution in [0.2, 0.25) is 0 Å². The van der Waals surface area contributed by atoms with E-state index in [9.17, 15) is 0 Å². The van der Waals surface area contributed by atoms with E-state index < -0.39 is 0 Å². The first-order valence-corrected chi connectivity index (χ1v) is 7.47. The van der Waals surface area contributed by atoms with Gasteiger partial charge in [-0.3, -0.25) is 0 Å². The van der Waals surface area contributed by atoms with Gasteiger partial charge in [0.05, 0.1) is 0 Å². The molecule has 0 saturated heterocycles. The monoisotopic (exact) mass is 223 g/mol. The second kappa shape index (κ2) is 5.53. The summed E-state index contributed by atoms with van der Waals surface area (Å²) in [5.74, 6) is 4.06. The molecule has 2 fully saturated rings. The molecule has 16 heavy (non-hydrogen) atoms. The fourth-order valence-corrected chi connectivity index (χ4v) is 4.13. The van der Waals surface area contributed by atoms with E-state index in [4.69, 9.17) is 0 Å². The van der Waals surface area contributed by atoms with Crippen LogP contribution in [-0.4, -0.2) is 12.6 Å². The molecule has 0 aromatic heterocycles. The molecule has 4 atom stereocenters. The van der Waals surface area contributed by atoms with Gasteiger partial charge in [-0.2, -0.15) is 0 Å². The first-order valence-electron chi connectivity index (χ1n) is 7.47. The van der Waals surface area contributed by atoms with Crippen LogP contribution in [-0.2, 0) is 0 Å². The molecule has 0 aromatic carbocycles. The Morgan fingerprint density at radius 2 is 1.88 bits per heavy atom. The molecule has 0 radical (unpaired) electrons. The van der Waals surface area contributed by atoms with Crippen molar-refractivity contribution >= 4 is 0 Å². The molecule has 1 heteroatoms. The van der Waals surface area contributed by atoms with Gasteiger partial charge in [-0.1, -0.05) is 33.1 Å². The van der Waals surface area contributed by atoms with Crippen molar-refractivity contribution in [2.45, 2.75) is 65.3 Å². The minimum atomic E-state index is 0.717. The molecule has 0 heterocycles. The molecular weight excluding hydrogens is 194 g/mol. The average molecular weight is 223 g/mol. The van der Waals surface area contributed by atoms with Gasteiger partial charge in [0.1, 0.15) is 0 Å². The van der Waals surface area contributed by atoms with Crippen molar-refractivity contribution in [1.29, 1.82) is 0 Å². The van der Waals surface area contributed by atoms with Gasteiger partial charge in [0.2, 0.25) is 0 Å². The highest BCUT2D eigenvalue weighted by atomic mass is 14.9. The smallest absolute Gasteiger partial charge is 0.00669 e. The third kappa shape index (κ3) is 2.61. The van der Waals surface area contributed by atoms with Crippen molar-refractivity contribution in [3.8, 4) is 0 Å². The van der Waals surface area contributed by atoms with Gasteiger partial charge in [-0.25, -0.2) is 0 Å². The minimum absolute atomic E-state index is 0.717. The van der Waals surface area contributed by atoms with E-state index in [2.05, 4.69) is 26.1 Å². The van der Waals surface area contributed by atoms with Crippen LogP contribution in [0.5, 0.6) is 0 Å². The lowest BCUT2D eigenvalue weighted by Gasteiger charge is -2.27. The molecule has 0 aliphatic heterocycles. The van der Waals surface area contributed by atoms with Gasteiger partial charge in [0.15, 0.2) is 0 Å². The van der Waals surface area contributed by atoms with Crippen LogP contribution >= 0.6 is 0 Å². The number of rotatable bonds is 6. The Bertz CT molecular complexity index is 209. The van der Waals surface area contributed by atoms with Crippen LogP contribution in [0.3, 0.4) is 0 Å². The van der Waals surface area contributed by atoms with E-state index in [1.54, 1.807) is 6.42 Å². The summed E-state index contributed by atoms with van der Waals surface area (Å²) in [4.78, 5) is 0. The highest BCUT2D eigenvalue weighted by Crippen LogP contribution is 2.47. The van der Waals surface area contributed by atoms with Crippen LogP contribution in [0.4, 0.5) is 0 Å². The average Bonchev–Trinajstić information content (AvgIpc) is 2.89. The van der Waals surface area contributed by atoms with Gasteiger partial charge < -0.3 is 5.32 Å². The van der Waals surface area contributed by atoms with E-state index >= 15 is 0 Å². The summed E-state index contributed by atoms with van der Waals surface area (Å²) in [6, 6.07) is 0.717. The summed E-state index contributed by atoms with van der Waals surface area (Å²) in [7, 11) is 0. The second-order valence-electron chi connectivity index (χ2n) is 6.21. The Balaban J connectivity index is 1.71. The molecule has 0 aromatic rings. The SMILES string of the molecule is CCC(CC)C(C)NCC1CC2CCC1C2. The van der Waals surface area contributed by atoms with Crippen molar-refractivity contribution in [3.63, 3.8) is 0 Å². The van der Waals surface area contributed by atoms with E-state index in [1.807, 2.05) is 0 Å². The molecule has 2 saturated carbocycles. The fourth-order valence-electron chi connectivity index (χ4n) is 4.13. The number of hydrogen-bond acceptors (Lipinski definition) is 1. The minimum Gasteiger partial charge on any atom is -0.314 e. The Kier molecular flexibility index (Phi) is 4.29. The van der Waals surface area contributed by atoms with Gasteiger partial charge >= 0.3 is 0 Å². The normalized spacial score (nSPS) is 34.9. The van der Waals surface area contributed by atoms with E-state index in [-0.39, 0.29) is 0 Å². The Hall–Kier alpha value is -0.0400. The molecule has 2 bridgehead atoms. The van der Waals surface area contributed by atoms with E-state index in [0.29, 0.717) is 6.04 Å². The molecule has 4 unspecified atom stereocenters. The predicted molar refractivity (Wildman–Crippen MR) is 70.5 cm³/mol. The third-order valence-corrected chi connectivity index (χ3v) is 5.34. The molecule has 94 valence electrons. The predicted octanol–water partition coefficient (Wildman–Crippen LogP) is 3.84. The molecule has 0 spiro atoms.